The van der Waals surface area contributed by atoms with Crippen LogP contribution in [0.25, 0.3) is 55.5 Å². The molecule has 0 aliphatic carbocycles. The van der Waals surface area contributed by atoms with E-state index in [0.717, 1.165) is 89.6 Å². The van der Waals surface area contributed by atoms with Gasteiger partial charge in [0.2, 0.25) is 0 Å². The molecule has 0 atom stereocenters. The minimum absolute atomic E-state index is 0.798. The number of hydrogen-bond donors (Lipinski definition) is 0. The Balaban J connectivity index is 1.14. The zero-order valence-corrected chi connectivity index (χ0v) is 31.5. The van der Waals surface area contributed by atoms with E-state index < -0.39 is 0 Å². The zero-order chi connectivity index (χ0) is 38.4. The fourth-order valence-electron chi connectivity index (χ4n) is 8.32. The number of rotatable bonds is 8. The molecule has 0 saturated heterocycles. The van der Waals surface area contributed by atoms with E-state index in [2.05, 4.69) is 237 Å². The lowest BCUT2D eigenvalue weighted by molar-refractivity contribution is 1.10. The Bertz CT molecular complexity index is 2930. The van der Waals surface area contributed by atoms with Crippen molar-refractivity contribution in [2.45, 2.75) is 0 Å². The van der Waals surface area contributed by atoms with Crippen LogP contribution >= 0.6 is 0 Å². The van der Waals surface area contributed by atoms with Gasteiger partial charge in [0.25, 0.3) is 0 Å². The summed E-state index contributed by atoms with van der Waals surface area (Å²) in [5, 5.41) is 2.11. The topological polar surface area (TPSA) is 42.1 Å². The van der Waals surface area contributed by atoms with Crippen molar-refractivity contribution >= 4 is 78.3 Å². The van der Waals surface area contributed by atoms with Gasteiger partial charge in [-0.2, -0.15) is 0 Å². The van der Waals surface area contributed by atoms with Gasteiger partial charge in [-0.25, -0.2) is 9.97 Å². The second-order valence-electron chi connectivity index (χ2n) is 14.3. The van der Waals surface area contributed by atoms with E-state index in [-0.39, 0.29) is 0 Å². The molecule has 0 amide bonds. The van der Waals surface area contributed by atoms with Crippen molar-refractivity contribution in [3.05, 3.63) is 218 Å². The third-order valence-electron chi connectivity index (χ3n) is 10.8. The number of anilines is 6. The predicted molar refractivity (Wildman–Crippen MR) is 240 cm³/mol. The Hall–Kier alpha value is -7.96. The highest BCUT2D eigenvalue weighted by molar-refractivity contribution is 6.12. The van der Waals surface area contributed by atoms with E-state index in [1.165, 1.54) is 0 Å². The van der Waals surface area contributed by atoms with Crippen molar-refractivity contribution in [3.8, 4) is 11.4 Å². The van der Waals surface area contributed by atoms with Crippen LogP contribution in [0.3, 0.4) is 0 Å². The van der Waals surface area contributed by atoms with Crippen LogP contribution in [0, 0.1) is 0 Å². The van der Waals surface area contributed by atoms with E-state index in [1.807, 2.05) is 0 Å². The second-order valence-corrected chi connectivity index (χ2v) is 14.3. The number of nitrogens with zero attached hydrogens (tertiary/aromatic N) is 6. The quantitative estimate of drug-likeness (QED) is 0.155. The number of fused-ring (bicyclic) bond motifs is 6. The van der Waals surface area contributed by atoms with Gasteiger partial charge < -0.3 is 9.80 Å². The monoisotopic (exact) mass is 744 g/mol. The number of para-hydroxylation sites is 6. The maximum atomic E-state index is 5.62. The lowest BCUT2D eigenvalue weighted by Gasteiger charge is -2.26. The van der Waals surface area contributed by atoms with Gasteiger partial charge in [-0.1, -0.05) is 121 Å². The van der Waals surface area contributed by atoms with E-state index >= 15 is 0 Å². The van der Waals surface area contributed by atoms with E-state index in [1.54, 1.807) is 0 Å². The fraction of sp³-hybridized carbons (Fsp3) is 0. The van der Waals surface area contributed by atoms with Crippen molar-refractivity contribution in [1.82, 2.24) is 19.1 Å². The molecule has 3 heterocycles. The summed E-state index contributed by atoms with van der Waals surface area (Å²) in [7, 11) is 0. The molecule has 6 heteroatoms. The molecule has 11 rings (SSSR count). The Morgan fingerprint density at radius 1 is 0.293 bits per heavy atom. The SMILES string of the molecule is c1ccc(N(c2ccccc2)c2cccc(-n3c4ccccc4c4nc5c6ccccc6n(-c6cccc(N(c7ccccc7)c7ccccc7)c6)c5nc43)c2)cc1. The van der Waals surface area contributed by atoms with Crippen molar-refractivity contribution < 1.29 is 0 Å². The summed E-state index contributed by atoms with van der Waals surface area (Å²) in [6.07, 6.45) is 0. The zero-order valence-electron chi connectivity index (χ0n) is 31.5. The fourth-order valence-corrected chi connectivity index (χ4v) is 8.32. The van der Waals surface area contributed by atoms with Crippen LogP contribution in [0.1, 0.15) is 0 Å². The second kappa shape index (κ2) is 14.0. The van der Waals surface area contributed by atoms with Gasteiger partial charge in [0.05, 0.1) is 11.0 Å². The number of hydrogen-bond acceptors (Lipinski definition) is 4. The summed E-state index contributed by atoms with van der Waals surface area (Å²) in [5.74, 6) is 0. The molecule has 0 aliphatic heterocycles. The molecular formula is C52H36N6. The van der Waals surface area contributed by atoms with Crippen LogP contribution in [0.15, 0.2) is 218 Å². The molecule has 0 bridgehead atoms. The van der Waals surface area contributed by atoms with Crippen LogP contribution in [-0.4, -0.2) is 19.1 Å². The summed E-state index contributed by atoms with van der Waals surface area (Å²) in [6, 6.07) is 76.5. The number of benzene rings is 8. The summed E-state index contributed by atoms with van der Waals surface area (Å²) in [6.45, 7) is 0. The summed E-state index contributed by atoms with van der Waals surface area (Å²) in [4.78, 5) is 15.7. The van der Waals surface area contributed by atoms with Crippen molar-refractivity contribution in [2.75, 3.05) is 9.80 Å². The maximum absolute atomic E-state index is 5.62. The third-order valence-corrected chi connectivity index (χ3v) is 10.8. The first kappa shape index (κ1) is 33.4. The molecule has 3 aromatic heterocycles. The van der Waals surface area contributed by atoms with Gasteiger partial charge in [-0.15, -0.1) is 0 Å². The first-order valence-electron chi connectivity index (χ1n) is 19.5. The molecule has 0 N–H and O–H groups in total. The van der Waals surface area contributed by atoms with Crippen LogP contribution in [0.5, 0.6) is 0 Å². The molecular weight excluding hydrogens is 709 g/mol. The van der Waals surface area contributed by atoms with E-state index in [4.69, 9.17) is 9.97 Å². The third kappa shape index (κ3) is 5.58. The summed E-state index contributed by atoms with van der Waals surface area (Å²) >= 11 is 0. The maximum Gasteiger partial charge on any atom is 0.166 e. The van der Waals surface area contributed by atoms with Gasteiger partial charge >= 0.3 is 0 Å². The molecule has 0 fully saturated rings. The van der Waals surface area contributed by atoms with Crippen LogP contribution < -0.4 is 9.80 Å². The molecule has 6 nitrogen and oxygen atoms in total. The Morgan fingerprint density at radius 3 is 1.00 bits per heavy atom. The average molecular weight is 745 g/mol. The summed E-state index contributed by atoms with van der Waals surface area (Å²) in [5.41, 5.74) is 13.8. The minimum Gasteiger partial charge on any atom is -0.310 e. The van der Waals surface area contributed by atoms with Gasteiger partial charge in [-0.05, 0) is 97.1 Å². The van der Waals surface area contributed by atoms with Gasteiger partial charge in [0, 0.05) is 56.3 Å². The van der Waals surface area contributed by atoms with Crippen molar-refractivity contribution in [3.63, 3.8) is 0 Å². The molecule has 0 saturated carbocycles. The van der Waals surface area contributed by atoms with E-state index in [9.17, 15) is 0 Å². The largest absolute Gasteiger partial charge is 0.310 e. The lowest BCUT2D eigenvalue weighted by Crippen LogP contribution is -2.10. The Labute approximate surface area is 335 Å². The predicted octanol–water partition coefficient (Wildman–Crippen LogP) is 13.6. The molecule has 11 aromatic rings. The number of aromatic nitrogens is 4. The molecule has 58 heavy (non-hydrogen) atoms. The first-order chi connectivity index (χ1) is 28.8. The highest BCUT2D eigenvalue weighted by Crippen LogP contribution is 2.40. The molecule has 8 aromatic carbocycles. The smallest absolute Gasteiger partial charge is 0.166 e. The normalized spacial score (nSPS) is 11.4. The Morgan fingerprint density at radius 2 is 0.621 bits per heavy atom. The highest BCUT2D eigenvalue weighted by atomic mass is 15.2. The molecule has 274 valence electrons. The molecule has 0 radical (unpaired) electrons. The molecule has 0 unspecified atom stereocenters. The Kier molecular flexibility index (Phi) is 8.04. The van der Waals surface area contributed by atoms with Gasteiger partial charge in [0.1, 0.15) is 11.0 Å². The highest BCUT2D eigenvalue weighted by Gasteiger charge is 2.23. The lowest BCUT2D eigenvalue weighted by atomic mass is 10.1. The van der Waals surface area contributed by atoms with E-state index in [0.29, 0.717) is 0 Å². The van der Waals surface area contributed by atoms with Crippen molar-refractivity contribution in [1.29, 1.82) is 0 Å². The van der Waals surface area contributed by atoms with Crippen LogP contribution in [0.4, 0.5) is 34.1 Å². The first-order valence-corrected chi connectivity index (χ1v) is 19.5. The molecule has 0 spiro atoms. The van der Waals surface area contributed by atoms with Crippen LogP contribution in [-0.2, 0) is 0 Å². The summed E-state index contributed by atoms with van der Waals surface area (Å²) < 4.78 is 4.53. The van der Waals surface area contributed by atoms with Gasteiger partial charge in [-0.3, -0.25) is 9.13 Å². The van der Waals surface area contributed by atoms with Crippen molar-refractivity contribution in [2.24, 2.45) is 0 Å². The van der Waals surface area contributed by atoms with Crippen LogP contribution in [0.2, 0.25) is 0 Å². The molecule has 0 aliphatic rings. The minimum atomic E-state index is 0.798. The standard InChI is InChI=1S/C52H36N6/c1-5-19-37(20-6-1)55(38-21-7-2-8-22-38)41-27-17-29-43(35-41)57-47-33-15-13-31-45(47)49-51(57)54-52-50(53-49)46-32-14-16-34-48(46)58(52)44-30-18-28-42(36-44)56(39-23-9-3-10-24-39)40-25-11-4-12-26-40/h1-36H. The average Bonchev–Trinajstić information content (AvgIpc) is 3.79. The van der Waals surface area contributed by atoms with Gasteiger partial charge in [0.15, 0.2) is 11.3 Å².